The summed E-state index contributed by atoms with van der Waals surface area (Å²) in [6, 6.07) is 7.55. The number of aliphatic carboxylic acids is 1. The fourth-order valence-corrected chi connectivity index (χ4v) is 2.72. The van der Waals surface area contributed by atoms with Gasteiger partial charge in [-0.05, 0) is 18.6 Å². The van der Waals surface area contributed by atoms with Gasteiger partial charge in [-0.15, -0.1) is 12.4 Å². The largest absolute Gasteiger partial charge is 0.481 e. The number of benzene rings is 1. The molecule has 1 N–H and O–H groups in total. The molecule has 1 aromatic carbocycles. The summed E-state index contributed by atoms with van der Waals surface area (Å²) >= 11 is 5.99. The molecular weight excluding hydrogens is 299 g/mol. The van der Waals surface area contributed by atoms with Crippen molar-refractivity contribution in [2.24, 2.45) is 5.92 Å². The van der Waals surface area contributed by atoms with E-state index in [0.717, 1.165) is 17.1 Å². The summed E-state index contributed by atoms with van der Waals surface area (Å²) in [7, 11) is 0. The van der Waals surface area contributed by atoms with Crippen molar-refractivity contribution in [2.45, 2.75) is 19.4 Å². The van der Waals surface area contributed by atoms with Crippen LogP contribution in [0.15, 0.2) is 30.5 Å². The fourth-order valence-electron chi connectivity index (χ4n) is 2.53. The van der Waals surface area contributed by atoms with Gasteiger partial charge in [-0.25, -0.2) is 4.98 Å². The van der Waals surface area contributed by atoms with Crippen LogP contribution in [0.3, 0.4) is 0 Å². The van der Waals surface area contributed by atoms with Crippen molar-refractivity contribution in [3.63, 3.8) is 0 Å². The van der Waals surface area contributed by atoms with E-state index >= 15 is 0 Å². The number of rotatable bonds is 2. The second kappa shape index (κ2) is 5.85. The molecule has 1 aliphatic heterocycles. The van der Waals surface area contributed by atoms with E-state index in [1.807, 2.05) is 24.3 Å². The molecule has 1 aromatic heterocycles. The van der Waals surface area contributed by atoms with E-state index in [2.05, 4.69) is 9.55 Å². The minimum Gasteiger partial charge on any atom is -0.481 e. The summed E-state index contributed by atoms with van der Waals surface area (Å²) < 4.78 is 2.09. The quantitative estimate of drug-likeness (QED) is 0.926. The van der Waals surface area contributed by atoms with Crippen LogP contribution in [0, 0.1) is 5.92 Å². The van der Waals surface area contributed by atoms with Crippen LogP contribution in [0.5, 0.6) is 0 Å². The van der Waals surface area contributed by atoms with E-state index in [9.17, 15) is 4.79 Å². The van der Waals surface area contributed by atoms with Crippen molar-refractivity contribution >= 4 is 30.0 Å². The number of imidazole rings is 1. The second-order valence-electron chi connectivity index (χ2n) is 4.76. The molecule has 0 bridgehead atoms. The molecule has 0 spiro atoms. The SMILES string of the molecule is Cl.O=C(O)C1CCn2c(cnc2-c2cccc(Cl)c2)C1. The van der Waals surface area contributed by atoms with Gasteiger partial charge < -0.3 is 9.67 Å². The summed E-state index contributed by atoms with van der Waals surface area (Å²) in [6.07, 6.45) is 2.96. The summed E-state index contributed by atoms with van der Waals surface area (Å²) in [6.45, 7) is 0.689. The molecule has 0 aliphatic carbocycles. The molecule has 0 radical (unpaired) electrons. The van der Waals surface area contributed by atoms with Crippen LogP contribution in [-0.2, 0) is 17.8 Å². The molecule has 0 saturated carbocycles. The Morgan fingerprint density at radius 3 is 2.95 bits per heavy atom. The predicted octanol–water partition coefficient (Wildman–Crippen LogP) is 3.27. The Bertz CT molecular complexity index is 640. The summed E-state index contributed by atoms with van der Waals surface area (Å²) in [5.74, 6) is -0.158. The van der Waals surface area contributed by atoms with Gasteiger partial charge in [0.05, 0.1) is 5.92 Å². The van der Waals surface area contributed by atoms with Crippen LogP contribution in [0.4, 0.5) is 0 Å². The topological polar surface area (TPSA) is 55.1 Å². The van der Waals surface area contributed by atoms with E-state index in [0.29, 0.717) is 24.4 Å². The molecule has 6 heteroatoms. The molecular formula is C14H14Cl2N2O2. The standard InChI is InChI=1S/C14H13ClN2O2.ClH/c15-11-3-1-2-9(6-11)13-16-8-12-7-10(14(18)19)4-5-17(12)13;/h1-3,6,8,10H,4-5,7H2,(H,18,19);1H. The maximum absolute atomic E-state index is 11.0. The molecule has 4 nitrogen and oxygen atoms in total. The van der Waals surface area contributed by atoms with Gasteiger partial charge in [0.25, 0.3) is 0 Å². The number of hydrogen-bond donors (Lipinski definition) is 1. The zero-order valence-corrected chi connectivity index (χ0v) is 12.2. The first-order chi connectivity index (χ1) is 9.15. The Balaban J connectivity index is 0.00000147. The molecule has 0 fully saturated rings. The molecule has 1 unspecified atom stereocenters. The number of aromatic nitrogens is 2. The highest BCUT2D eigenvalue weighted by Gasteiger charge is 2.26. The van der Waals surface area contributed by atoms with Crippen LogP contribution in [0.25, 0.3) is 11.4 Å². The minimum absolute atomic E-state index is 0. The Labute approximate surface area is 127 Å². The average molecular weight is 313 g/mol. The summed E-state index contributed by atoms with van der Waals surface area (Å²) in [5.41, 5.74) is 1.95. The molecule has 20 heavy (non-hydrogen) atoms. The molecule has 0 amide bonds. The molecule has 3 rings (SSSR count). The van der Waals surface area contributed by atoms with Crippen molar-refractivity contribution in [3.8, 4) is 11.4 Å². The molecule has 0 saturated heterocycles. The van der Waals surface area contributed by atoms with Crippen LogP contribution >= 0.6 is 24.0 Å². The van der Waals surface area contributed by atoms with Crippen LogP contribution in [-0.4, -0.2) is 20.6 Å². The second-order valence-corrected chi connectivity index (χ2v) is 5.20. The van der Waals surface area contributed by atoms with Crippen molar-refractivity contribution in [3.05, 3.63) is 41.2 Å². The lowest BCUT2D eigenvalue weighted by Gasteiger charge is -2.22. The lowest BCUT2D eigenvalue weighted by Crippen LogP contribution is -2.25. The number of halogens is 2. The molecule has 2 aromatic rings. The zero-order chi connectivity index (χ0) is 13.4. The van der Waals surface area contributed by atoms with Gasteiger partial charge in [0.2, 0.25) is 0 Å². The third-order valence-electron chi connectivity index (χ3n) is 3.53. The maximum atomic E-state index is 11.0. The number of carboxylic acids is 1. The lowest BCUT2D eigenvalue weighted by molar-refractivity contribution is -0.142. The number of carbonyl (C=O) groups is 1. The summed E-state index contributed by atoms with van der Waals surface area (Å²) in [4.78, 5) is 15.5. The normalized spacial score (nSPS) is 17.1. The van der Waals surface area contributed by atoms with Crippen molar-refractivity contribution in [2.75, 3.05) is 0 Å². The fraction of sp³-hybridized carbons (Fsp3) is 0.286. The average Bonchev–Trinajstić information content (AvgIpc) is 2.81. The number of hydrogen-bond acceptors (Lipinski definition) is 2. The van der Waals surface area contributed by atoms with Crippen molar-refractivity contribution in [1.82, 2.24) is 9.55 Å². The first-order valence-corrected chi connectivity index (χ1v) is 6.56. The van der Waals surface area contributed by atoms with Gasteiger partial charge in [-0.1, -0.05) is 23.7 Å². The Kier molecular flexibility index (Phi) is 4.35. The molecule has 2 heterocycles. The number of nitrogens with zero attached hydrogens (tertiary/aromatic N) is 2. The third kappa shape index (κ3) is 2.67. The predicted molar refractivity (Wildman–Crippen MR) is 79.4 cm³/mol. The highest BCUT2D eigenvalue weighted by atomic mass is 35.5. The van der Waals surface area contributed by atoms with Gasteiger partial charge in [0.1, 0.15) is 5.82 Å². The van der Waals surface area contributed by atoms with Gasteiger partial charge in [-0.3, -0.25) is 4.79 Å². The van der Waals surface area contributed by atoms with Crippen LogP contribution in [0.1, 0.15) is 12.1 Å². The van der Waals surface area contributed by atoms with Gasteiger partial charge >= 0.3 is 5.97 Å². The van der Waals surface area contributed by atoms with E-state index in [-0.39, 0.29) is 18.3 Å². The van der Waals surface area contributed by atoms with Gasteiger partial charge in [-0.2, -0.15) is 0 Å². The Hall–Kier alpha value is -1.52. The Morgan fingerprint density at radius 2 is 2.25 bits per heavy atom. The number of fused-ring (bicyclic) bond motifs is 1. The molecule has 106 valence electrons. The highest BCUT2D eigenvalue weighted by Crippen LogP contribution is 2.28. The lowest BCUT2D eigenvalue weighted by atomic mass is 9.96. The summed E-state index contributed by atoms with van der Waals surface area (Å²) in [5, 5.41) is 9.75. The van der Waals surface area contributed by atoms with E-state index < -0.39 is 5.97 Å². The Morgan fingerprint density at radius 1 is 1.45 bits per heavy atom. The zero-order valence-electron chi connectivity index (χ0n) is 10.6. The monoisotopic (exact) mass is 312 g/mol. The number of carboxylic acid groups (broad SMARTS) is 1. The molecule has 1 atom stereocenters. The van der Waals surface area contributed by atoms with Crippen molar-refractivity contribution in [1.29, 1.82) is 0 Å². The third-order valence-corrected chi connectivity index (χ3v) is 3.76. The van der Waals surface area contributed by atoms with E-state index in [4.69, 9.17) is 16.7 Å². The first-order valence-electron chi connectivity index (χ1n) is 6.18. The smallest absolute Gasteiger partial charge is 0.306 e. The minimum atomic E-state index is -0.725. The van der Waals surface area contributed by atoms with E-state index in [1.165, 1.54) is 0 Å². The molecule has 1 aliphatic rings. The van der Waals surface area contributed by atoms with Crippen molar-refractivity contribution < 1.29 is 9.90 Å². The first kappa shape index (κ1) is 14.9. The van der Waals surface area contributed by atoms with Crippen LogP contribution in [0.2, 0.25) is 5.02 Å². The van der Waals surface area contributed by atoms with Crippen LogP contribution < -0.4 is 0 Å². The van der Waals surface area contributed by atoms with Gasteiger partial charge in [0.15, 0.2) is 0 Å². The maximum Gasteiger partial charge on any atom is 0.306 e. The highest BCUT2D eigenvalue weighted by molar-refractivity contribution is 6.30. The van der Waals surface area contributed by atoms with Gasteiger partial charge in [0, 0.05) is 35.4 Å². The van der Waals surface area contributed by atoms with E-state index in [1.54, 1.807) is 6.20 Å².